The minimum Gasteiger partial charge on any atom is -0.491 e. The highest BCUT2D eigenvalue weighted by molar-refractivity contribution is 5.32. The van der Waals surface area contributed by atoms with Crippen molar-refractivity contribution < 1.29 is 19.7 Å². The molecular weight excluding hydrogens is 312 g/mol. The quantitative estimate of drug-likeness (QED) is 0.219. The second kappa shape index (κ2) is 12.9. The van der Waals surface area contributed by atoms with Crippen LogP contribution in [0.5, 0.6) is 11.5 Å². The Bertz CT molecular complexity index is 401. The van der Waals surface area contributed by atoms with Crippen molar-refractivity contribution in [1.82, 2.24) is 10.6 Å². The van der Waals surface area contributed by atoms with Crippen molar-refractivity contribution in [3.05, 3.63) is 24.3 Å². The number of nitrogens with one attached hydrogen (secondary N) is 2. The molecule has 0 aliphatic heterocycles. The summed E-state index contributed by atoms with van der Waals surface area (Å²) in [4.78, 5) is 0. The first-order valence-electron chi connectivity index (χ1n) is 8.19. The van der Waals surface area contributed by atoms with Crippen LogP contribution >= 0.6 is 0 Å². The zero-order valence-corrected chi connectivity index (χ0v) is 14.0. The maximum absolute atomic E-state index is 9.78. The number of hydrogen-bond donors (Lipinski definition) is 6. The third kappa shape index (κ3) is 9.66. The molecule has 1 rings (SSSR count). The van der Waals surface area contributed by atoms with Crippen molar-refractivity contribution in [2.24, 2.45) is 11.5 Å². The largest absolute Gasteiger partial charge is 0.491 e. The summed E-state index contributed by atoms with van der Waals surface area (Å²) >= 11 is 0. The number of rotatable bonds is 14. The fraction of sp³-hybridized carbons (Fsp3) is 0.625. The first-order valence-corrected chi connectivity index (χ1v) is 8.19. The predicted molar refractivity (Wildman–Crippen MR) is 93.3 cm³/mol. The monoisotopic (exact) mass is 342 g/mol. The highest BCUT2D eigenvalue weighted by Crippen LogP contribution is 2.19. The number of aliphatic hydroxyl groups excluding tert-OH is 2. The molecule has 24 heavy (non-hydrogen) atoms. The van der Waals surface area contributed by atoms with Gasteiger partial charge in [0.15, 0.2) is 0 Å². The van der Waals surface area contributed by atoms with E-state index in [1.165, 1.54) is 0 Å². The van der Waals surface area contributed by atoms with Gasteiger partial charge < -0.3 is 41.8 Å². The van der Waals surface area contributed by atoms with E-state index in [0.717, 1.165) is 0 Å². The van der Waals surface area contributed by atoms with Crippen LogP contribution in [0.4, 0.5) is 0 Å². The lowest BCUT2D eigenvalue weighted by atomic mass is 10.3. The van der Waals surface area contributed by atoms with Gasteiger partial charge in [-0.3, -0.25) is 0 Å². The summed E-state index contributed by atoms with van der Waals surface area (Å²) < 4.78 is 11.1. The topological polar surface area (TPSA) is 135 Å². The Labute approximate surface area is 143 Å². The molecule has 0 aliphatic carbocycles. The molecule has 0 aliphatic rings. The van der Waals surface area contributed by atoms with E-state index in [0.29, 0.717) is 50.8 Å². The van der Waals surface area contributed by atoms with E-state index >= 15 is 0 Å². The Kier molecular flexibility index (Phi) is 11.1. The maximum atomic E-state index is 9.78. The van der Waals surface area contributed by atoms with Gasteiger partial charge in [0.25, 0.3) is 0 Å². The molecule has 8 heteroatoms. The minimum absolute atomic E-state index is 0.173. The van der Waals surface area contributed by atoms with E-state index < -0.39 is 12.2 Å². The third-order valence-corrected chi connectivity index (χ3v) is 3.09. The molecule has 0 saturated carbocycles. The fourth-order valence-electron chi connectivity index (χ4n) is 1.90. The second-order valence-electron chi connectivity index (χ2n) is 5.39. The van der Waals surface area contributed by atoms with Crippen LogP contribution in [0.2, 0.25) is 0 Å². The van der Waals surface area contributed by atoms with Gasteiger partial charge in [-0.1, -0.05) is 6.07 Å². The Hall–Kier alpha value is -1.42. The highest BCUT2D eigenvalue weighted by atomic mass is 16.5. The summed E-state index contributed by atoms with van der Waals surface area (Å²) in [5, 5.41) is 25.6. The molecular formula is C16H30N4O4. The van der Waals surface area contributed by atoms with Crippen LogP contribution in [0.3, 0.4) is 0 Å². The smallest absolute Gasteiger partial charge is 0.123 e. The molecule has 0 radical (unpaired) electrons. The van der Waals surface area contributed by atoms with Crippen LogP contribution in [0.1, 0.15) is 0 Å². The van der Waals surface area contributed by atoms with Crippen LogP contribution in [0.25, 0.3) is 0 Å². The molecule has 0 aromatic heterocycles. The fourth-order valence-corrected chi connectivity index (χ4v) is 1.90. The van der Waals surface area contributed by atoms with Crippen molar-refractivity contribution in [1.29, 1.82) is 0 Å². The Morgan fingerprint density at radius 1 is 0.875 bits per heavy atom. The average Bonchev–Trinajstić information content (AvgIpc) is 2.59. The lowest BCUT2D eigenvalue weighted by Crippen LogP contribution is -2.34. The first-order chi connectivity index (χ1) is 11.7. The molecule has 0 saturated heterocycles. The Morgan fingerprint density at radius 2 is 1.33 bits per heavy atom. The third-order valence-electron chi connectivity index (χ3n) is 3.09. The van der Waals surface area contributed by atoms with Crippen LogP contribution in [0, 0.1) is 0 Å². The molecule has 0 heterocycles. The molecule has 0 bridgehead atoms. The normalized spacial score (nSPS) is 13.5. The van der Waals surface area contributed by atoms with Crippen molar-refractivity contribution >= 4 is 0 Å². The number of nitrogens with two attached hydrogens (primary N) is 2. The summed E-state index contributed by atoms with van der Waals surface area (Å²) in [6.45, 7) is 3.57. The van der Waals surface area contributed by atoms with E-state index in [9.17, 15) is 10.2 Å². The molecule has 2 atom stereocenters. The summed E-state index contributed by atoms with van der Waals surface area (Å²) in [6.07, 6.45) is -1.23. The van der Waals surface area contributed by atoms with Gasteiger partial charge in [0.05, 0.1) is 0 Å². The van der Waals surface area contributed by atoms with Gasteiger partial charge >= 0.3 is 0 Å². The summed E-state index contributed by atoms with van der Waals surface area (Å²) in [5.41, 5.74) is 10.7. The number of benzene rings is 1. The van der Waals surface area contributed by atoms with Gasteiger partial charge in [-0.15, -0.1) is 0 Å². The Balaban J connectivity index is 2.30. The molecule has 1 aromatic rings. The van der Waals surface area contributed by atoms with Crippen molar-refractivity contribution in [3.8, 4) is 11.5 Å². The molecule has 138 valence electrons. The first kappa shape index (κ1) is 20.6. The second-order valence-corrected chi connectivity index (χ2v) is 5.39. The van der Waals surface area contributed by atoms with Gasteiger partial charge in [-0.2, -0.15) is 0 Å². The molecule has 2 unspecified atom stereocenters. The SMILES string of the molecule is NCCNCC(O)COc1cccc(OCC(O)CNCCN)c1. The van der Waals surface area contributed by atoms with Crippen LogP contribution in [-0.4, -0.2) is 74.9 Å². The van der Waals surface area contributed by atoms with Gasteiger partial charge in [-0.05, 0) is 12.1 Å². The molecule has 8 nitrogen and oxygen atoms in total. The standard InChI is InChI=1S/C16H30N4O4/c17-4-6-19-9-13(21)11-23-15-2-1-3-16(8-15)24-12-14(22)10-20-7-5-18/h1-3,8,13-14,19-22H,4-7,9-12,17-18H2. The van der Waals surface area contributed by atoms with Crippen LogP contribution in [0.15, 0.2) is 24.3 Å². The zero-order valence-electron chi connectivity index (χ0n) is 14.0. The van der Waals surface area contributed by atoms with Gasteiger partial charge in [0.2, 0.25) is 0 Å². The zero-order chi connectivity index (χ0) is 17.6. The molecule has 1 aromatic carbocycles. The average molecular weight is 342 g/mol. The lowest BCUT2D eigenvalue weighted by molar-refractivity contribution is 0.103. The maximum Gasteiger partial charge on any atom is 0.123 e. The summed E-state index contributed by atoms with van der Waals surface area (Å²) in [6, 6.07) is 7.08. The molecule has 0 spiro atoms. The summed E-state index contributed by atoms with van der Waals surface area (Å²) in [5.74, 6) is 1.20. The van der Waals surface area contributed by atoms with Crippen molar-refractivity contribution in [2.45, 2.75) is 12.2 Å². The van der Waals surface area contributed by atoms with E-state index in [4.69, 9.17) is 20.9 Å². The van der Waals surface area contributed by atoms with Gasteiger partial charge in [0.1, 0.15) is 36.9 Å². The number of aliphatic hydroxyl groups is 2. The highest BCUT2D eigenvalue weighted by Gasteiger charge is 2.07. The van der Waals surface area contributed by atoms with Crippen LogP contribution < -0.4 is 31.6 Å². The van der Waals surface area contributed by atoms with E-state index in [2.05, 4.69) is 10.6 Å². The Morgan fingerprint density at radius 3 is 1.75 bits per heavy atom. The van der Waals surface area contributed by atoms with Gasteiger partial charge in [0, 0.05) is 45.3 Å². The van der Waals surface area contributed by atoms with Crippen molar-refractivity contribution in [2.75, 3.05) is 52.5 Å². The van der Waals surface area contributed by atoms with E-state index in [-0.39, 0.29) is 13.2 Å². The van der Waals surface area contributed by atoms with E-state index in [1.54, 1.807) is 24.3 Å². The predicted octanol–water partition coefficient (Wildman–Crippen LogP) is -1.74. The number of ether oxygens (including phenoxy) is 2. The van der Waals surface area contributed by atoms with Crippen LogP contribution in [-0.2, 0) is 0 Å². The molecule has 0 fully saturated rings. The van der Waals surface area contributed by atoms with Gasteiger partial charge in [-0.25, -0.2) is 0 Å². The molecule has 8 N–H and O–H groups in total. The van der Waals surface area contributed by atoms with Crippen molar-refractivity contribution in [3.63, 3.8) is 0 Å². The number of hydrogen-bond acceptors (Lipinski definition) is 8. The summed E-state index contributed by atoms with van der Waals surface area (Å²) in [7, 11) is 0. The molecule has 0 amide bonds. The van der Waals surface area contributed by atoms with E-state index in [1.807, 2.05) is 0 Å². The lowest BCUT2D eigenvalue weighted by Gasteiger charge is -2.15. The minimum atomic E-state index is -0.614.